The van der Waals surface area contributed by atoms with E-state index in [1.54, 1.807) is 18.9 Å². The minimum atomic E-state index is 0.846. The molecule has 1 heterocycles. The summed E-state index contributed by atoms with van der Waals surface area (Å²) >= 11 is 5.22. The highest BCUT2D eigenvalue weighted by atomic mass is 79.9. The van der Waals surface area contributed by atoms with Crippen molar-refractivity contribution < 1.29 is 4.74 Å². The molecule has 0 unspecified atom stereocenters. The Morgan fingerprint density at radius 2 is 2.00 bits per heavy atom. The van der Waals surface area contributed by atoms with Crippen molar-refractivity contribution in [3.8, 4) is 5.75 Å². The fourth-order valence-corrected chi connectivity index (χ4v) is 3.31. The number of pyridine rings is 1. The van der Waals surface area contributed by atoms with E-state index >= 15 is 0 Å². The molecule has 0 amide bonds. The second-order valence-electron chi connectivity index (χ2n) is 4.37. The molecule has 2 rings (SSSR count). The van der Waals surface area contributed by atoms with Crippen LogP contribution in [0.4, 0.5) is 0 Å². The standard InChI is InChI=1S/C15H16BrNOS/c1-10-6-11(2)17-15(7-10)19-9-12-8-13(16)4-5-14(12)18-3/h4-8H,9H2,1-3H3. The summed E-state index contributed by atoms with van der Waals surface area (Å²) in [5, 5.41) is 1.06. The van der Waals surface area contributed by atoms with Crippen molar-refractivity contribution in [2.24, 2.45) is 0 Å². The number of methoxy groups -OCH3 is 1. The molecule has 0 aliphatic heterocycles. The second kappa shape index (κ2) is 6.44. The molecule has 0 aliphatic rings. The van der Waals surface area contributed by atoms with Gasteiger partial charge in [-0.3, -0.25) is 0 Å². The number of benzene rings is 1. The minimum absolute atomic E-state index is 0.846. The Morgan fingerprint density at radius 3 is 2.68 bits per heavy atom. The smallest absolute Gasteiger partial charge is 0.122 e. The third kappa shape index (κ3) is 3.98. The fourth-order valence-electron chi connectivity index (χ4n) is 1.89. The molecule has 1 aromatic heterocycles. The van der Waals surface area contributed by atoms with E-state index in [4.69, 9.17) is 4.74 Å². The van der Waals surface area contributed by atoms with Crippen LogP contribution in [0.15, 0.2) is 39.8 Å². The molecule has 0 aliphatic carbocycles. The van der Waals surface area contributed by atoms with Crippen molar-refractivity contribution in [2.75, 3.05) is 7.11 Å². The van der Waals surface area contributed by atoms with E-state index in [-0.39, 0.29) is 0 Å². The van der Waals surface area contributed by atoms with Crippen LogP contribution in [0, 0.1) is 13.8 Å². The third-order valence-electron chi connectivity index (χ3n) is 2.69. The highest BCUT2D eigenvalue weighted by Crippen LogP contribution is 2.29. The average Bonchev–Trinajstić information content (AvgIpc) is 2.35. The molecule has 0 saturated carbocycles. The number of aromatic nitrogens is 1. The first-order chi connectivity index (χ1) is 9.08. The van der Waals surface area contributed by atoms with Gasteiger partial charge in [-0.15, -0.1) is 11.8 Å². The highest BCUT2D eigenvalue weighted by molar-refractivity contribution is 9.10. The molecule has 0 atom stereocenters. The first kappa shape index (κ1) is 14.4. The van der Waals surface area contributed by atoms with E-state index < -0.39 is 0 Å². The Labute approximate surface area is 126 Å². The number of hydrogen-bond acceptors (Lipinski definition) is 3. The van der Waals surface area contributed by atoms with Gasteiger partial charge in [0.25, 0.3) is 0 Å². The number of halogens is 1. The lowest BCUT2D eigenvalue weighted by Gasteiger charge is -2.09. The zero-order valence-electron chi connectivity index (χ0n) is 11.2. The van der Waals surface area contributed by atoms with E-state index in [1.165, 1.54) is 11.1 Å². The molecule has 2 aromatic rings. The lowest BCUT2D eigenvalue weighted by molar-refractivity contribution is 0.411. The van der Waals surface area contributed by atoms with Gasteiger partial charge in [0.05, 0.1) is 12.1 Å². The van der Waals surface area contributed by atoms with Crippen molar-refractivity contribution >= 4 is 27.7 Å². The summed E-state index contributed by atoms with van der Waals surface area (Å²) in [4.78, 5) is 4.54. The van der Waals surface area contributed by atoms with Crippen LogP contribution in [-0.4, -0.2) is 12.1 Å². The van der Waals surface area contributed by atoms with Crippen LogP contribution in [-0.2, 0) is 5.75 Å². The third-order valence-corrected chi connectivity index (χ3v) is 4.15. The van der Waals surface area contributed by atoms with Crippen LogP contribution in [0.25, 0.3) is 0 Å². The Morgan fingerprint density at radius 1 is 1.21 bits per heavy atom. The highest BCUT2D eigenvalue weighted by Gasteiger charge is 2.06. The van der Waals surface area contributed by atoms with Gasteiger partial charge < -0.3 is 4.74 Å². The SMILES string of the molecule is COc1ccc(Br)cc1CSc1cc(C)cc(C)n1. The summed E-state index contributed by atoms with van der Waals surface area (Å²) in [6.45, 7) is 4.12. The molecule has 0 saturated heterocycles. The second-order valence-corrected chi connectivity index (χ2v) is 6.28. The van der Waals surface area contributed by atoms with Gasteiger partial charge in [0, 0.05) is 21.5 Å². The summed E-state index contributed by atoms with van der Waals surface area (Å²) in [7, 11) is 1.70. The fraction of sp³-hybridized carbons (Fsp3) is 0.267. The number of aryl methyl sites for hydroxylation is 2. The predicted octanol–water partition coefficient (Wildman–Crippen LogP) is 4.76. The first-order valence-corrected chi connectivity index (χ1v) is 7.77. The van der Waals surface area contributed by atoms with E-state index in [9.17, 15) is 0 Å². The number of nitrogens with zero attached hydrogens (tertiary/aromatic N) is 1. The van der Waals surface area contributed by atoms with Crippen molar-refractivity contribution in [3.63, 3.8) is 0 Å². The van der Waals surface area contributed by atoms with E-state index in [0.29, 0.717) is 0 Å². The van der Waals surface area contributed by atoms with Crippen LogP contribution < -0.4 is 4.74 Å². The quantitative estimate of drug-likeness (QED) is 0.750. The topological polar surface area (TPSA) is 22.1 Å². The van der Waals surface area contributed by atoms with Gasteiger partial charge >= 0.3 is 0 Å². The monoisotopic (exact) mass is 337 g/mol. The first-order valence-electron chi connectivity index (χ1n) is 5.99. The molecule has 1 aromatic carbocycles. The summed E-state index contributed by atoms with van der Waals surface area (Å²) < 4.78 is 6.45. The largest absolute Gasteiger partial charge is 0.496 e. The molecule has 4 heteroatoms. The molecule has 2 nitrogen and oxygen atoms in total. The lowest BCUT2D eigenvalue weighted by Crippen LogP contribution is -1.92. The van der Waals surface area contributed by atoms with Crippen LogP contribution in [0.3, 0.4) is 0 Å². The van der Waals surface area contributed by atoms with Gasteiger partial charge in [-0.25, -0.2) is 4.98 Å². The van der Waals surface area contributed by atoms with E-state index in [2.05, 4.69) is 46.0 Å². The molecule has 100 valence electrons. The van der Waals surface area contributed by atoms with Crippen molar-refractivity contribution in [1.29, 1.82) is 0 Å². The van der Waals surface area contributed by atoms with E-state index in [1.807, 2.05) is 19.1 Å². The molecule has 19 heavy (non-hydrogen) atoms. The van der Waals surface area contributed by atoms with Gasteiger partial charge in [0.15, 0.2) is 0 Å². The Bertz CT molecular complexity index is 566. The summed E-state index contributed by atoms with van der Waals surface area (Å²) in [5.41, 5.74) is 3.47. The zero-order valence-corrected chi connectivity index (χ0v) is 13.6. The number of ether oxygens (including phenoxy) is 1. The summed E-state index contributed by atoms with van der Waals surface area (Å²) in [6, 6.07) is 10.3. The average molecular weight is 338 g/mol. The molecule has 0 N–H and O–H groups in total. The van der Waals surface area contributed by atoms with Crippen molar-refractivity contribution in [3.05, 3.63) is 51.6 Å². The van der Waals surface area contributed by atoms with Crippen molar-refractivity contribution in [2.45, 2.75) is 24.6 Å². The molecular weight excluding hydrogens is 322 g/mol. The number of rotatable bonds is 4. The Hall–Kier alpha value is -1.00. The van der Waals surface area contributed by atoms with E-state index in [0.717, 1.165) is 26.7 Å². The zero-order chi connectivity index (χ0) is 13.8. The van der Waals surface area contributed by atoms with Gasteiger partial charge in [-0.1, -0.05) is 15.9 Å². The maximum atomic E-state index is 5.38. The lowest BCUT2D eigenvalue weighted by atomic mass is 10.2. The van der Waals surface area contributed by atoms with Crippen molar-refractivity contribution in [1.82, 2.24) is 4.98 Å². The molecule has 0 bridgehead atoms. The normalized spacial score (nSPS) is 10.5. The number of thioether (sulfide) groups is 1. The number of hydrogen-bond donors (Lipinski definition) is 0. The molecule has 0 fully saturated rings. The van der Waals surface area contributed by atoms with Crippen LogP contribution in [0.2, 0.25) is 0 Å². The molecule has 0 spiro atoms. The van der Waals surface area contributed by atoms with Gasteiger partial charge in [-0.2, -0.15) is 0 Å². The van der Waals surface area contributed by atoms with Crippen LogP contribution >= 0.6 is 27.7 Å². The van der Waals surface area contributed by atoms with Gasteiger partial charge in [-0.05, 0) is 49.7 Å². The molecular formula is C15H16BrNOS. The minimum Gasteiger partial charge on any atom is -0.496 e. The maximum absolute atomic E-state index is 5.38. The maximum Gasteiger partial charge on any atom is 0.122 e. The van der Waals surface area contributed by atoms with Gasteiger partial charge in [0.1, 0.15) is 5.75 Å². The Balaban J connectivity index is 2.16. The molecule has 0 radical (unpaired) electrons. The van der Waals surface area contributed by atoms with Crippen LogP contribution in [0.5, 0.6) is 5.75 Å². The predicted molar refractivity (Wildman–Crippen MR) is 84.0 cm³/mol. The van der Waals surface area contributed by atoms with Gasteiger partial charge in [0.2, 0.25) is 0 Å². The Kier molecular flexibility index (Phi) is 4.88. The summed E-state index contributed by atoms with van der Waals surface area (Å²) in [5.74, 6) is 1.76. The van der Waals surface area contributed by atoms with Crippen LogP contribution in [0.1, 0.15) is 16.8 Å². The summed E-state index contributed by atoms with van der Waals surface area (Å²) in [6.07, 6.45) is 0.